The van der Waals surface area contributed by atoms with Gasteiger partial charge < -0.3 is 36.1 Å². The van der Waals surface area contributed by atoms with Crippen molar-refractivity contribution in [2.45, 2.75) is 25.8 Å². The van der Waals surface area contributed by atoms with Gasteiger partial charge >= 0.3 is 0 Å². The van der Waals surface area contributed by atoms with E-state index in [-0.39, 0.29) is 11.9 Å². The molecule has 0 radical (unpaired) electrons. The number of nitrogens with zero attached hydrogens (tertiary/aromatic N) is 1. The van der Waals surface area contributed by atoms with Crippen molar-refractivity contribution in [3.63, 3.8) is 0 Å². The molecule has 158 valence electrons. The molecule has 0 spiro atoms. The molecule has 5 N–H and O–H groups in total. The summed E-state index contributed by atoms with van der Waals surface area (Å²) in [7, 11) is 3.49. The van der Waals surface area contributed by atoms with Gasteiger partial charge in [0, 0.05) is 58.1 Å². The Labute approximate surface area is 168 Å². The van der Waals surface area contributed by atoms with Crippen molar-refractivity contribution < 1.29 is 14.3 Å². The first kappa shape index (κ1) is 23.9. The van der Waals surface area contributed by atoms with Crippen molar-refractivity contribution in [1.29, 1.82) is 0 Å². The maximum Gasteiger partial charge on any atom is 0.242 e. The van der Waals surface area contributed by atoms with E-state index < -0.39 is 0 Å². The highest BCUT2D eigenvalue weighted by Gasteiger charge is 2.23. The number of anilines is 2. The van der Waals surface area contributed by atoms with E-state index in [2.05, 4.69) is 22.0 Å². The molecule has 0 aliphatic carbocycles. The van der Waals surface area contributed by atoms with Crippen LogP contribution in [0.25, 0.3) is 0 Å². The number of carbonyl (C=O) groups is 2. The van der Waals surface area contributed by atoms with Crippen molar-refractivity contribution >= 4 is 23.6 Å². The number of aryl methyl sites for hydroxylation is 1. The highest BCUT2D eigenvalue weighted by molar-refractivity contribution is 5.85. The van der Waals surface area contributed by atoms with Crippen LogP contribution in [0.15, 0.2) is 18.2 Å². The maximum absolute atomic E-state index is 12.2. The SMILES string of the molecule is CNC(=O)C(CCC=O)N(C)c1ccc(NCCOCCNCCN)cc1C. The lowest BCUT2D eigenvalue weighted by atomic mass is 10.1. The fraction of sp³-hybridized carbons (Fsp3) is 0.600. The smallest absolute Gasteiger partial charge is 0.242 e. The Morgan fingerprint density at radius 1 is 1.29 bits per heavy atom. The minimum atomic E-state index is -0.381. The number of hydrogen-bond donors (Lipinski definition) is 4. The van der Waals surface area contributed by atoms with Gasteiger partial charge in [0.2, 0.25) is 5.91 Å². The Kier molecular flexibility index (Phi) is 11.9. The van der Waals surface area contributed by atoms with Gasteiger partial charge in [0.05, 0.1) is 13.2 Å². The van der Waals surface area contributed by atoms with E-state index in [1.807, 2.05) is 31.0 Å². The molecular formula is C20H35N5O3. The lowest BCUT2D eigenvalue weighted by Crippen LogP contribution is -2.44. The molecule has 1 aromatic rings. The topological polar surface area (TPSA) is 109 Å². The van der Waals surface area contributed by atoms with Crippen LogP contribution in [0, 0.1) is 6.92 Å². The fourth-order valence-electron chi connectivity index (χ4n) is 2.96. The maximum atomic E-state index is 12.2. The second-order valence-corrected chi connectivity index (χ2v) is 6.56. The normalized spacial score (nSPS) is 11.7. The number of nitrogens with one attached hydrogen (secondary N) is 3. The van der Waals surface area contributed by atoms with Crippen LogP contribution >= 0.6 is 0 Å². The summed E-state index contributed by atoms with van der Waals surface area (Å²) in [5.74, 6) is -0.0935. The van der Waals surface area contributed by atoms with Gasteiger partial charge in [-0.2, -0.15) is 0 Å². The monoisotopic (exact) mass is 393 g/mol. The minimum absolute atomic E-state index is 0.0935. The van der Waals surface area contributed by atoms with Crippen molar-refractivity contribution in [3.8, 4) is 0 Å². The molecule has 0 saturated heterocycles. The Bertz CT molecular complexity index is 597. The third-order valence-electron chi connectivity index (χ3n) is 4.47. The molecule has 0 aliphatic rings. The van der Waals surface area contributed by atoms with Crippen molar-refractivity contribution in [2.75, 3.05) is 63.7 Å². The Hall–Kier alpha value is -2.16. The molecule has 0 bridgehead atoms. The van der Waals surface area contributed by atoms with Crippen molar-refractivity contribution in [3.05, 3.63) is 23.8 Å². The average Bonchev–Trinajstić information content (AvgIpc) is 2.69. The van der Waals surface area contributed by atoms with Crippen molar-refractivity contribution in [1.82, 2.24) is 10.6 Å². The quantitative estimate of drug-likeness (QED) is 0.254. The van der Waals surface area contributed by atoms with E-state index in [9.17, 15) is 9.59 Å². The fourth-order valence-corrected chi connectivity index (χ4v) is 2.96. The zero-order chi connectivity index (χ0) is 20.8. The molecule has 0 saturated carbocycles. The summed E-state index contributed by atoms with van der Waals surface area (Å²) >= 11 is 0. The first-order valence-electron chi connectivity index (χ1n) is 9.76. The highest BCUT2D eigenvalue weighted by Crippen LogP contribution is 2.25. The van der Waals surface area contributed by atoms with Gasteiger partial charge in [0.1, 0.15) is 12.3 Å². The number of hydrogen-bond acceptors (Lipinski definition) is 7. The van der Waals surface area contributed by atoms with Gasteiger partial charge in [-0.1, -0.05) is 0 Å². The Morgan fingerprint density at radius 3 is 2.68 bits per heavy atom. The third kappa shape index (κ3) is 8.24. The van der Waals surface area contributed by atoms with E-state index in [1.54, 1.807) is 7.05 Å². The van der Waals surface area contributed by atoms with Gasteiger partial charge in [0.25, 0.3) is 0 Å². The Morgan fingerprint density at radius 2 is 2.04 bits per heavy atom. The molecule has 8 nitrogen and oxygen atoms in total. The number of ether oxygens (including phenoxy) is 1. The second-order valence-electron chi connectivity index (χ2n) is 6.56. The molecule has 0 fully saturated rings. The number of carbonyl (C=O) groups excluding carboxylic acids is 2. The van der Waals surface area contributed by atoms with Crippen LogP contribution in [-0.4, -0.2) is 71.7 Å². The number of amides is 1. The molecule has 0 heterocycles. The molecule has 0 aliphatic heterocycles. The molecule has 1 atom stereocenters. The van der Waals surface area contributed by atoms with Crippen molar-refractivity contribution in [2.24, 2.45) is 5.73 Å². The number of benzene rings is 1. The summed E-state index contributed by atoms with van der Waals surface area (Å²) in [4.78, 5) is 24.8. The zero-order valence-electron chi connectivity index (χ0n) is 17.3. The zero-order valence-corrected chi connectivity index (χ0v) is 17.3. The predicted octanol–water partition coefficient (Wildman–Crippen LogP) is 0.502. The summed E-state index contributed by atoms with van der Waals surface area (Å²) in [5, 5.41) is 9.20. The number of aldehydes is 1. The molecule has 28 heavy (non-hydrogen) atoms. The lowest BCUT2D eigenvalue weighted by Gasteiger charge is -2.30. The van der Waals surface area contributed by atoms with Crippen LogP contribution in [0.5, 0.6) is 0 Å². The molecule has 1 amide bonds. The molecule has 1 unspecified atom stereocenters. The molecule has 1 aromatic carbocycles. The summed E-state index contributed by atoms with van der Waals surface area (Å²) in [5.41, 5.74) is 8.43. The van der Waals surface area contributed by atoms with Gasteiger partial charge in [-0.05, 0) is 37.1 Å². The molecule has 8 heteroatoms. The highest BCUT2D eigenvalue weighted by atomic mass is 16.5. The van der Waals surface area contributed by atoms with Gasteiger partial charge in [0.15, 0.2) is 0 Å². The van der Waals surface area contributed by atoms with Gasteiger partial charge in [-0.15, -0.1) is 0 Å². The summed E-state index contributed by atoms with van der Waals surface area (Å²) in [6.07, 6.45) is 1.68. The summed E-state index contributed by atoms with van der Waals surface area (Å²) in [6, 6.07) is 5.65. The van der Waals surface area contributed by atoms with Gasteiger partial charge in [-0.25, -0.2) is 0 Å². The third-order valence-corrected chi connectivity index (χ3v) is 4.47. The molecular weight excluding hydrogens is 358 g/mol. The largest absolute Gasteiger partial charge is 0.383 e. The van der Waals surface area contributed by atoms with Gasteiger partial charge in [-0.3, -0.25) is 4.79 Å². The second kappa shape index (κ2) is 13.9. The summed E-state index contributed by atoms with van der Waals surface area (Å²) in [6.45, 7) is 6.24. The number of likely N-dealkylation sites (N-methyl/N-ethyl adjacent to an activating group) is 2. The van der Waals surface area contributed by atoms with E-state index in [0.717, 1.165) is 36.3 Å². The number of rotatable bonds is 15. The van der Waals surface area contributed by atoms with Crippen LogP contribution in [0.4, 0.5) is 11.4 Å². The summed E-state index contributed by atoms with van der Waals surface area (Å²) < 4.78 is 5.55. The van der Waals surface area contributed by atoms with Crippen LogP contribution in [0.3, 0.4) is 0 Å². The van der Waals surface area contributed by atoms with E-state index >= 15 is 0 Å². The predicted molar refractivity (Wildman–Crippen MR) is 114 cm³/mol. The average molecular weight is 394 g/mol. The van der Waals surface area contributed by atoms with Crippen LogP contribution < -0.4 is 26.6 Å². The molecule has 1 rings (SSSR count). The van der Waals surface area contributed by atoms with Crippen LogP contribution in [0.2, 0.25) is 0 Å². The van der Waals surface area contributed by atoms with E-state index in [4.69, 9.17) is 10.5 Å². The Balaban J connectivity index is 2.55. The first-order chi connectivity index (χ1) is 13.5. The lowest BCUT2D eigenvalue weighted by molar-refractivity contribution is -0.122. The minimum Gasteiger partial charge on any atom is -0.383 e. The van der Waals surface area contributed by atoms with Crippen LogP contribution in [-0.2, 0) is 14.3 Å². The van der Waals surface area contributed by atoms with E-state index in [1.165, 1.54) is 0 Å². The first-order valence-corrected chi connectivity index (χ1v) is 9.76. The van der Waals surface area contributed by atoms with E-state index in [0.29, 0.717) is 39.1 Å². The number of nitrogens with two attached hydrogens (primary N) is 1. The standard InChI is InChI=1S/C20H35N5O3/c1-16-15-17(24-11-14-28-13-10-23-9-8-21)6-7-18(16)25(3)19(5-4-12-26)20(27)22-2/h6-7,12,15,19,23-24H,4-5,8-11,13-14,21H2,1-3H3,(H,22,27). The molecule has 0 aromatic heterocycles. The van der Waals surface area contributed by atoms with Crippen LogP contribution in [0.1, 0.15) is 18.4 Å².